The summed E-state index contributed by atoms with van der Waals surface area (Å²) in [6.45, 7) is 0.517. The van der Waals surface area contributed by atoms with E-state index < -0.39 is 0 Å². The van der Waals surface area contributed by atoms with E-state index >= 15 is 0 Å². The van der Waals surface area contributed by atoms with Gasteiger partial charge in [-0.3, -0.25) is 9.78 Å². The zero-order valence-electron chi connectivity index (χ0n) is 10.7. The van der Waals surface area contributed by atoms with Crippen molar-refractivity contribution in [1.29, 1.82) is 0 Å². The largest absolute Gasteiger partial charge is 0.399 e. The Balaban J connectivity index is 1.76. The van der Waals surface area contributed by atoms with Crippen molar-refractivity contribution in [2.24, 2.45) is 0 Å². The van der Waals surface area contributed by atoms with Gasteiger partial charge in [-0.25, -0.2) is 0 Å². The quantitative estimate of drug-likeness (QED) is 0.802. The third-order valence-electron chi connectivity index (χ3n) is 2.80. The molecule has 0 unspecified atom stereocenters. The number of amides is 1. The number of carbonyl (C=O) groups excluding carboxylic acids is 1. The normalized spacial score (nSPS) is 10.1. The fourth-order valence-electron chi connectivity index (χ4n) is 1.80. The first kappa shape index (κ1) is 13.1. The lowest BCUT2D eigenvalue weighted by atomic mass is 10.1. The Morgan fingerprint density at radius 3 is 2.79 bits per heavy atom. The Morgan fingerprint density at radius 2 is 2.05 bits per heavy atom. The van der Waals surface area contributed by atoms with E-state index in [2.05, 4.69) is 10.3 Å². The summed E-state index contributed by atoms with van der Waals surface area (Å²) < 4.78 is 0. The van der Waals surface area contributed by atoms with Gasteiger partial charge in [-0.1, -0.05) is 18.2 Å². The summed E-state index contributed by atoms with van der Waals surface area (Å²) in [7, 11) is 0. The fraction of sp³-hybridized carbons (Fsp3) is 0.200. The van der Waals surface area contributed by atoms with Gasteiger partial charge in [0, 0.05) is 31.0 Å². The van der Waals surface area contributed by atoms with Gasteiger partial charge in [0.1, 0.15) is 0 Å². The molecule has 1 aromatic heterocycles. The number of nitrogens with one attached hydrogen (secondary N) is 1. The second-order valence-corrected chi connectivity index (χ2v) is 4.38. The van der Waals surface area contributed by atoms with Crippen LogP contribution < -0.4 is 11.1 Å². The number of hydrogen-bond donors (Lipinski definition) is 2. The van der Waals surface area contributed by atoms with Crippen molar-refractivity contribution >= 4 is 11.6 Å². The maximum Gasteiger partial charge on any atom is 0.220 e. The minimum atomic E-state index is 0.0336. The van der Waals surface area contributed by atoms with Crippen LogP contribution in [0.4, 0.5) is 5.69 Å². The van der Waals surface area contributed by atoms with Gasteiger partial charge in [0.25, 0.3) is 0 Å². The van der Waals surface area contributed by atoms with Crippen LogP contribution in [0.3, 0.4) is 0 Å². The fourth-order valence-corrected chi connectivity index (χ4v) is 1.80. The minimum Gasteiger partial charge on any atom is -0.399 e. The van der Waals surface area contributed by atoms with Crippen LogP contribution in [0.1, 0.15) is 17.5 Å². The number of carbonyl (C=O) groups is 1. The molecular weight excluding hydrogens is 238 g/mol. The number of rotatable bonds is 5. The number of benzene rings is 1. The molecule has 0 atom stereocenters. The van der Waals surface area contributed by atoms with Crippen LogP contribution >= 0.6 is 0 Å². The minimum absolute atomic E-state index is 0.0336. The zero-order chi connectivity index (χ0) is 13.5. The third kappa shape index (κ3) is 4.43. The summed E-state index contributed by atoms with van der Waals surface area (Å²) in [6, 6.07) is 11.4. The molecule has 4 nitrogen and oxygen atoms in total. The first-order valence-electron chi connectivity index (χ1n) is 6.24. The predicted molar refractivity (Wildman–Crippen MR) is 75.3 cm³/mol. The predicted octanol–water partition coefficient (Wildman–Crippen LogP) is 1.91. The number of anilines is 1. The summed E-state index contributed by atoms with van der Waals surface area (Å²) in [6.07, 6.45) is 4.62. The maximum absolute atomic E-state index is 11.7. The van der Waals surface area contributed by atoms with E-state index in [1.807, 2.05) is 36.4 Å². The van der Waals surface area contributed by atoms with Crippen molar-refractivity contribution in [2.45, 2.75) is 19.4 Å². The molecule has 0 saturated carbocycles. The molecule has 0 aliphatic carbocycles. The average Bonchev–Trinajstić information content (AvgIpc) is 2.44. The average molecular weight is 255 g/mol. The standard InChI is InChI=1S/C15H17N3O/c16-14-5-1-3-12(9-14)6-7-15(19)18-11-13-4-2-8-17-10-13/h1-5,8-10H,6-7,11,16H2,(H,18,19). The first-order valence-corrected chi connectivity index (χ1v) is 6.24. The van der Waals surface area contributed by atoms with Crippen LogP contribution in [0, 0.1) is 0 Å². The van der Waals surface area contributed by atoms with Crippen molar-refractivity contribution in [3.05, 3.63) is 59.9 Å². The molecule has 0 aliphatic heterocycles. The first-order chi connectivity index (χ1) is 9.24. The van der Waals surface area contributed by atoms with E-state index in [9.17, 15) is 4.79 Å². The monoisotopic (exact) mass is 255 g/mol. The molecule has 19 heavy (non-hydrogen) atoms. The van der Waals surface area contributed by atoms with Gasteiger partial charge in [0.05, 0.1) is 0 Å². The van der Waals surface area contributed by atoms with Gasteiger partial charge in [-0.2, -0.15) is 0 Å². The van der Waals surface area contributed by atoms with E-state index in [1.54, 1.807) is 12.4 Å². The van der Waals surface area contributed by atoms with E-state index in [0.717, 1.165) is 16.8 Å². The molecule has 4 heteroatoms. The zero-order valence-corrected chi connectivity index (χ0v) is 10.7. The molecule has 0 fully saturated rings. The van der Waals surface area contributed by atoms with Crippen molar-refractivity contribution in [1.82, 2.24) is 10.3 Å². The lowest BCUT2D eigenvalue weighted by molar-refractivity contribution is -0.121. The highest BCUT2D eigenvalue weighted by Gasteiger charge is 2.02. The summed E-state index contributed by atoms with van der Waals surface area (Å²) >= 11 is 0. The lowest BCUT2D eigenvalue weighted by Crippen LogP contribution is -2.23. The Morgan fingerprint density at radius 1 is 1.21 bits per heavy atom. The van der Waals surface area contributed by atoms with Crippen LogP contribution in [0.15, 0.2) is 48.8 Å². The Labute approximate surface area is 112 Å². The number of aromatic nitrogens is 1. The van der Waals surface area contributed by atoms with Gasteiger partial charge in [0.2, 0.25) is 5.91 Å². The van der Waals surface area contributed by atoms with E-state index in [1.165, 1.54) is 0 Å². The molecule has 0 spiro atoms. The Kier molecular flexibility index (Phi) is 4.50. The van der Waals surface area contributed by atoms with Crippen LogP contribution in [-0.4, -0.2) is 10.9 Å². The highest BCUT2D eigenvalue weighted by atomic mass is 16.1. The van der Waals surface area contributed by atoms with E-state index in [0.29, 0.717) is 19.4 Å². The molecule has 0 saturated heterocycles. The van der Waals surface area contributed by atoms with Gasteiger partial charge < -0.3 is 11.1 Å². The molecule has 1 heterocycles. The second-order valence-electron chi connectivity index (χ2n) is 4.38. The second kappa shape index (κ2) is 6.54. The topological polar surface area (TPSA) is 68.0 Å². The molecule has 3 N–H and O–H groups in total. The smallest absolute Gasteiger partial charge is 0.220 e. The number of nitrogens with two attached hydrogens (primary N) is 1. The van der Waals surface area contributed by atoms with E-state index in [4.69, 9.17) is 5.73 Å². The molecule has 1 amide bonds. The number of aryl methyl sites for hydroxylation is 1. The number of hydrogen-bond acceptors (Lipinski definition) is 3. The highest BCUT2D eigenvalue weighted by molar-refractivity contribution is 5.76. The van der Waals surface area contributed by atoms with Crippen LogP contribution in [0.25, 0.3) is 0 Å². The van der Waals surface area contributed by atoms with Gasteiger partial charge in [-0.05, 0) is 35.7 Å². The molecular formula is C15H17N3O. The molecule has 0 aliphatic rings. The molecule has 2 rings (SSSR count). The number of nitrogens with zero attached hydrogens (tertiary/aromatic N) is 1. The maximum atomic E-state index is 11.7. The third-order valence-corrected chi connectivity index (χ3v) is 2.80. The molecule has 0 radical (unpaired) electrons. The summed E-state index contributed by atoms with van der Waals surface area (Å²) in [5.74, 6) is 0.0336. The van der Waals surface area contributed by atoms with Crippen molar-refractivity contribution < 1.29 is 4.79 Å². The SMILES string of the molecule is Nc1cccc(CCC(=O)NCc2cccnc2)c1. The summed E-state index contributed by atoms with van der Waals surface area (Å²) in [5, 5.41) is 2.87. The Bertz CT molecular complexity index is 540. The van der Waals surface area contributed by atoms with Crippen molar-refractivity contribution in [3.8, 4) is 0 Å². The van der Waals surface area contributed by atoms with Crippen molar-refractivity contribution in [3.63, 3.8) is 0 Å². The highest BCUT2D eigenvalue weighted by Crippen LogP contribution is 2.08. The van der Waals surface area contributed by atoms with Gasteiger partial charge >= 0.3 is 0 Å². The summed E-state index contributed by atoms with van der Waals surface area (Å²) in [5.41, 5.74) is 8.50. The number of nitrogen functional groups attached to an aromatic ring is 1. The molecule has 0 bridgehead atoms. The van der Waals surface area contributed by atoms with Crippen LogP contribution in [0.2, 0.25) is 0 Å². The number of pyridine rings is 1. The molecule has 98 valence electrons. The summed E-state index contributed by atoms with van der Waals surface area (Å²) in [4.78, 5) is 15.7. The van der Waals surface area contributed by atoms with Crippen LogP contribution in [0.5, 0.6) is 0 Å². The molecule has 1 aromatic carbocycles. The lowest BCUT2D eigenvalue weighted by Gasteiger charge is -2.05. The Hall–Kier alpha value is -2.36. The van der Waals surface area contributed by atoms with Gasteiger partial charge in [-0.15, -0.1) is 0 Å². The van der Waals surface area contributed by atoms with E-state index in [-0.39, 0.29) is 5.91 Å². The van der Waals surface area contributed by atoms with Gasteiger partial charge in [0.15, 0.2) is 0 Å². The molecule has 2 aromatic rings. The van der Waals surface area contributed by atoms with Crippen LogP contribution in [-0.2, 0) is 17.8 Å². The van der Waals surface area contributed by atoms with Crippen molar-refractivity contribution in [2.75, 3.05) is 5.73 Å².